The van der Waals surface area contributed by atoms with Crippen molar-refractivity contribution in [1.29, 1.82) is 0 Å². The Morgan fingerprint density at radius 1 is 0.860 bits per heavy atom. The topological polar surface area (TPSA) is 129 Å². The van der Waals surface area contributed by atoms with Crippen LogP contribution in [0.4, 0.5) is 30.6 Å². The summed E-state index contributed by atoms with van der Waals surface area (Å²) in [5, 5.41) is 11.0. The van der Waals surface area contributed by atoms with E-state index < -0.39 is 23.4 Å². The number of fused-ring (bicyclic) bond motifs is 1. The van der Waals surface area contributed by atoms with Crippen molar-refractivity contribution in [2.45, 2.75) is 6.42 Å². The van der Waals surface area contributed by atoms with Gasteiger partial charge in [0, 0.05) is 61.2 Å². The Hall–Kier alpha value is -6.31. The molecule has 7 rings (SSSR count). The van der Waals surface area contributed by atoms with Crippen LogP contribution in [-0.2, 0) is 6.42 Å². The molecular formula is C36H29F3N8O3. The minimum atomic E-state index is -0.623. The molecule has 6 aromatic rings. The van der Waals surface area contributed by atoms with Gasteiger partial charge in [0.15, 0.2) is 0 Å². The molecule has 11 nitrogen and oxygen atoms in total. The number of anilines is 3. The number of pyridine rings is 1. The number of hydrogen-bond acceptors (Lipinski definition) is 9. The number of H-pyrrole nitrogens is 1. The smallest absolute Gasteiger partial charge is 0.272 e. The summed E-state index contributed by atoms with van der Waals surface area (Å²) in [4.78, 5) is 42.0. The monoisotopic (exact) mass is 678 g/mol. The van der Waals surface area contributed by atoms with Crippen LogP contribution in [0.5, 0.6) is 5.75 Å². The summed E-state index contributed by atoms with van der Waals surface area (Å²) in [7, 11) is 1.38. The average Bonchev–Trinajstić information content (AvgIpc) is 3.14. The number of hydrogen-bond donors (Lipinski definition) is 2. The van der Waals surface area contributed by atoms with Gasteiger partial charge in [-0.3, -0.25) is 9.59 Å². The number of ether oxygens (including phenoxy) is 1. The summed E-state index contributed by atoms with van der Waals surface area (Å²) >= 11 is 0. The number of halogens is 3. The molecule has 2 N–H and O–H groups in total. The van der Waals surface area contributed by atoms with Gasteiger partial charge in [-0.15, -0.1) is 0 Å². The van der Waals surface area contributed by atoms with Crippen molar-refractivity contribution in [3.8, 4) is 16.9 Å². The van der Waals surface area contributed by atoms with Crippen LogP contribution >= 0.6 is 0 Å². The Labute approximate surface area is 283 Å². The molecule has 252 valence electrons. The number of carbonyl (C=O) groups is 1. The molecule has 0 aliphatic carbocycles. The van der Waals surface area contributed by atoms with E-state index in [9.17, 15) is 22.8 Å². The number of aromatic amines is 1. The summed E-state index contributed by atoms with van der Waals surface area (Å²) in [5.74, 6) is -0.713. The summed E-state index contributed by atoms with van der Waals surface area (Å²) in [6, 6.07) is 18.5. The fourth-order valence-electron chi connectivity index (χ4n) is 5.98. The van der Waals surface area contributed by atoms with Crippen molar-refractivity contribution in [3.05, 3.63) is 130 Å². The minimum absolute atomic E-state index is 0.0392. The average molecular weight is 679 g/mol. The van der Waals surface area contributed by atoms with Crippen molar-refractivity contribution in [1.82, 2.24) is 30.0 Å². The predicted octanol–water partition coefficient (Wildman–Crippen LogP) is 5.50. The molecule has 1 aliphatic heterocycles. The largest absolute Gasteiger partial charge is 0.496 e. The van der Waals surface area contributed by atoms with Crippen LogP contribution in [0.25, 0.3) is 21.9 Å². The molecule has 4 heterocycles. The molecule has 0 radical (unpaired) electrons. The van der Waals surface area contributed by atoms with E-state index in [1.54, 1.807) is 29.2 Å². The maximum Gasteiger partial charge on any atom is 0.272 e. The number of benzene rings is 3. The highest BCUT2D eigenvalue weighted by atomic mass is 19.1. The number of nitrogens with zero attached hydrogens (tertiary/aromatic N) is 6. The number of amides is 1. The van der Waals surface area contributed by atoms with Gasteiger partial charge in [0.05, 0.1) is 30.0 Å². The van der Waals surface area contributed by atoms with E-state index in [1.165, 1.54) is 49.8 Å². The molecule has 0 spiro atoms. The Balaban J connectivity index is 1.02. The lowest BCUT2D eigenvalue weighted by Crippen LogP contribution is -2.49. The van der Waals surface area contributed by atoms with E-state index in [1.807, 2.05) is 17.0 Å². The van der Waals surface area contributed by atoms with Crippen LogP contribution < -0.4 is 20.5 Å². The molecule has 0 saturated carbocycles. The minimum Gasteiger partial charge on any atom is -0.496 e. The van der Waals surface area contributed by atoms with Gasteiger partial charge >= 0.3 is 0 Å². The number of carbonyl (C=O) groups excluding carboxylic acids is 1. The molecule has 0 bridgehead atoms. The fraction of sp³-hybridized carbons (Fsp3) is 0.167. The SMILES string of the molecule is COc1cc(F)ccc1-c1cc(Nc2cc(N3CCN(C(=O)c4cc(Cc5n[nH]c(=O)c6ccccc56)ccc4F)CC3)ncn2)ncc1F. The van der Waals surface area contributed by atoms with E-state index in [2.05, 4.69) is 30.5 Å². The molecule has 1 amide bonds. The Bertz CT molecular complexity index is 2290. The number of piperazine rings is 1. The second-order valence-corrected chi connectivity index (χ2v) is 11.6. The second-order valence-electron chi connectivity index (χ2n) is 11.6. The first-order valence-corrected chi connectivity index (χ1v) is 15.6. The highest BCUT2D eigenvalue weighted by Gasteiger charge is 2.26. The summed E-state index contributed by atoms with van der Waals surface area (Å²) in [6.45, 7) is 1.51. The third-order valence-electron chi connectivity index (χ3n) is 8.52. The Kier molecular flexibility index (Phi) is 8.81. The second kappa shape index (κ2) is 13.7. The van der Waals surface area contributed by atoms with E-state index in [4.69, 9.17) is 4.74 Å². The van der Waals surface area contributed by atoms with Gasteiger partial charge in [-0.1, -0.05) is 24.3 Å². The number of rotatable bonds is 8. The van der Waals surface area contributed by atoms with E-state index in [-0.39, 0.29) is 22.4 Å². The van der Waals surface area contributed by atoms with Crippen LogP contribution in [0, 0.1) is 17.5 Å². The highest BCUT2D eigenvalue weighted by molar-refractivity contribution is 5.95. The molecule has 14 heteroatoms. The van der Waals surface area contributed by atoms with Crippen LogP contribution in [0.3, 0.4) is 0 Å². The van der Waals surface area contributed by atoms with Gasteiger partial charge in [0.2, 0.25) is 0 Å². The van der Waals surface area contributed by atoms with Crippen molar-refractivity contribution in [2.24, 2.45) is 0 Å². The number of methoxy groups -OCH3 is 1. The lowest BCUT2D eigenvalue weighted by Gasteiger charge is -2.35. The van der Waals surface area contributed by atoms with Crippen LogP contribution in [0.2, 0.25) is 0 Å². The summed E-state index contributed by atoms with van der Waals surface area (Å²) < 4.78 is 48.7. The van der Waals surface area contributed by atoms with Gasteiger partial charge < -0.3 is 19.9 Å². The van der Waals surface area contributed by atoms with Crippen molar-refractivity contribution >= 4 is 34.1 Å². The van der Waals surface area contributed by atoms with Crippen LogP contribution in [0.15, 0.2) is 90.1 Å². The molecule has 50 heavy (non-hydrogen) atoms. The van der Waals surface area contributed by atoms with Crippen molar-refractivity contribution in [2.75, 3.05) is 43.5 Å². The van der Waals surface area contributed by atoms with Gasteiger partial charge in [-0.05, 0) is 42.0 Å². The Morgan fingerprint density at radius 2 is 1.64 bits per heavy atom. The third-order valence-corrected chi connectivity index (χ3v) is 8.52. The third kappa shape index (κ3) is 6.55. The maximum absolute atomic E-state index is 15.0. The summed E-state index contributed by atoms with van der Waals surface area (Å²) in [5.41, 5.74) is 1.48. The van der Waals surface area contributed by atoms with Gasteiger partial charge in [-0.25, -0.2) is 33.2 Å². The van der Waals surface area contributed by atoms with Gasteiger partial charge in [0.1, 0.15) is 47.0 Å². The predicted molar refractivity (Wildman–Crippen MR) is 181 cm³/mol. The zero-order valence-electron chi connectivity index (χ0n) is 26.7. The molecule has 0 unspecified atom stereocenters. The molecule has 3 aromatic carbocycles. The molecule has 3 aromatic heterocycles. The zero-order valence-corrected chi connectivity index (χ0v) is 26.7. The van der Waals surface area contributed by atoms with Crippen molar-refractivity contribution < 1.29 is 22.7 Å². The zero-order chi connectivity index (χ0) is 34.8. The number of aromatic nitrogens is 5. The van der Waals surface area contributed by atoms with E-state index in [0.717, 1.165) is 6.20 Å². The first-order chi connectivity index (χ1) is 24.3. The Morgan fingerprint density at radius 3 is 2.44 bits per heavy atom. The lowest BCUT2D eigenvalue weighted by atomic mass is 10.0. The van der Waals surface area contributed by atoms with E-state index >= 15 is 0 Å². The standard InChI is InChI=1S/C36H29F3N8O3/c1-50-31-16-22(37)7-8-24(31)26-17-32(40-19-29(26)39)43-33-18-34(42-20-41-33)46-10-12-47(13-11-46)36(49)27-14-21(6-9-28(27)38)15-30-23-4-2-3-5-25(23)35(48)45-44-30/h2-9,14,16-20H,10-13,15H2,1H3,(H,45,48)(H,40,41,42,43). The first-order valence-electron chi connectivity index (χ1n) is 15.6. The van der Waals surface area contributed by atoms with Gasteiger partial charge in [0.25, 0.3) is 11.5 Å². The molecule has 0 atom stereocenters. The number of nitrogens with one attached hydrogen (secondary N) is 2. The maximum atomic E-state index is 15.0. The van der Waals surface area contributed by atoms with Crippen LogP contribution in [0.1, 0.15) is 21.6 Å². The molecule has 1 aliphatic rings. The first kappa shape index (κ1) is 32.2. The highest BCUT2D eigenvalue weighted by Crippen LogP contribution is 2.34. The van der Waals surface area contributed by atoms with Crippen molar-refractivity contribution in [3.63, 3.8) is 0 Å². The lowest BCUT2D eigenvalue weighted by molar-refractivity contribution is 0.0741. The fourth-order valence-corrected chi connectivity index (χ4v) is 5.98. The molecule has 1 saturated heterocycles. The molecular weight excluding hydrogens is 649 g/mol. The molecule has 1 fully saturated rings. The van der Waals surface area contributed by atoms with E-state index in [0.29, 0.717) is 77.6 Å². The van der Waals surface area contributed by atoms with Crippen LogP contribution in [-0.4, -0.2) is 69.2 Å². The quantitative estimate of drug-likeness (QED) is 0.215. The summed E-state index contributed by atoms with van der Waals surface area (Å²) in [6.07, 6.45) is 2.73. The van der Waals surface area contributed by atoms with Gasteiger partial charge in [-0.2, -0.15) is 5.10 Å². The normalized spacial score (nSPS) is 13.0.